The summed E-state index contributed by atoms with van der Waals surface area (Å²) in [4.78, 5) is 52.0. The lowest BCUT2D eigenvalue weighted by Gasteiger charge is -2.16. The van der Waals surface area contributed by atoms with E-state index in [-0.39, 0.29) is 30.0 Å². The van der Waals surface area contributed by atoms with Crippen molar-refractivity contribution >= 4 is 40.7 Å². The van der Waals surface area contributed by atoms with Crippen LogP contribution in [-0.4, -0.2) is 36.7 Å². The largest absolute Gasteiger partial charge is 0.352 e. The Morgan fingerprint density at radius 1 is 0.861 bits per heavy atom. The van der Waals surface area contributed by atoms with Crippen molar-refractivity contribution in [1.82, 2.24) is 5.32 Å². The molecular weight excluding hydrogens is 456 g/mol. The van der Waals surface area contributed by atoms with Gasteiger partial charge in [-0.3, -0.25) is 19.2 Å². The van der Waals surface area contributed by atoms with Crippen molar-refractivity contribution in [3.63, 3.8) is 0 Å². The minimum atomic E-state index is -0.462. The van der Waals surface area contributed by atoms with Gasteiger partial charge in [-0.15, -0.1) is 0 Å². The van der Waals surface area contributed by atoms with Crippen LogP contribution in [0.2, 0.25) is 0 Å². The molecule has 0 radical (unpaired) electrons. The third-order valence-corrected chi connectivity index (χ3v) is 5.93. The molecule has 0 saturated carbocycles. The molecule has 4 amide bonds. The number of nitrogens with one attached hydrogen (secondary N) is 3. The maximum Gasteiger partial charge on any atom is 0.255 e. The number of benzene rings is 3. The summed E-state index contributed by atoms with van der Waals surface area (Å²) in [6.07, 6.45) is 0.956. The van der Waals surface area contributed by atoms with Gasteiger partial charge in [-0.1, -0.05) is 37.3 Å². The number of carbonyl (C=O) groups excluding carboxylic acids is 4. The van der Waals surface area contributed by atoms with Crippen LogP contribution in [0.4, 0.5) is 17.1 Å². The highest BCUT2D eigenvalue weighted by Gasteiger charge is 2.35. The average molecular weight is 485 g/mol. The first-order valence-corrected chi connectivity index (χ1v) is 11.9. The lowest BCUT2D eigenvalue weighted by atomic mass is 10.1. The number of amides is 4. The van der Waals surface area contributed by atoms with Crippen LogP contribution in [0.25, 0.3) is 0 Å². The van der Waals surface area contributed by atoms with Crippen molar-refractivity contribution in [1.29, 1.82) is 0 Å². The number of carbonyl (C=O) groups is 4. The van der Waals surface area contributed by atoms with Gasteiger partial charge in [-0.25, -0.2) is 0 Å². The summed E-state index contributed by atoms with van der Waals surface area (Å²) >= 11 is 0. The molecule has 3 aromatic rings. The fourth-order valence-electron chi connectivity index (χ4n) is 4.01. The van der Waals surface area contributed by atoms with Crippen molar-refractivity contribution in [2.45, 2.75) is 19.8 Å². The predicted octanol–water partition coefficient (Wildman–Crippen LogP) is 4.07. The minimum Gasteiger partial charge on any atom is -0.352 e. The van der Waals surface area contributed by atoms with E-state index in [0.717, 1.165) is 12.1 Å². The van der Waals surface area contributed by atoms with E-state index in [1.807, 2.05) is 37.3 Å². The molecule has 184 valence electrons. The molecule has 3 N–H and O–H groups in total. The maximum absolute atomic E-state index is 12.8. The summed E-state index contributed by atoms with van der Waals surface area (Å²) in [5, 5.41) is 8.43. The summed E-state index contributed by atoms with van der Waals surface area (Å²) in [5.41, 5.74) is 2.49. The van der Waals surface area contributed by atoms with E-state index in [9.17, 15) is 19.2 Å². The first-order chi connectivity index (χ1) is 17.5. The first-order valence-electron chi connectivity index (χ1n) is 11.9. The Labute approximate surface area is 209 Å². The van der Waals surface area contributed by atoms with Gasteiger partial charge in [0.15, 0.2) is 0 Å². The van der Waals surface area contributed by atoms with Gasteiger partial charge in [0.2, 0.25) is 11.8 Å². The molecule has 1 aliphatic rings. The van der Waals surface area contributed by atoms with Gasteiger partial charge in [0.1, 0.15) is 0 Å². The lowest BCUT2D eigenvalue weighted by molar-refractivity contribution is -0.122. The molecule has 1 atom stereocenters. The fraction of sp³-hybridized carbons (Fsp3) is 0.214. The Morgan fingerprint density at radius 2 is 1.56 bits per heavy atom. The number of anilines is 3. The van der Waals surface area contributed by atoms with E-state index in [0.29, 0.717) is 35.6 Å². The molecule has 36 heavy (non-hydrogen) atoms. The molecule has 4 rings (SSSR count). The second-order valence-electron chi connectivity index (χ2n) is 8.56. The molecule has 0 aromatic heterocycles. The molecule has 0 bridgehead atoms. The van der Waals surface area contributed by atoms with Crippen LogP contribution < -0.4 is 20.9 Å². The zero-order chi connectivity index (χ0) is 25.5. The van der Waals surface area contributed by atoms with E-state index in [2.05, 4.69) is 16.0 Å². The molecular formula is C28H28N4O4. The van der Waals surface area contributed by atoms with E-state index < -0.39 is 5.92 Å². The van der Waals surface area contributed by atoms with Crippen LogP contribution in [-0.2, 0) is 9.59 Å². The minimum absolute atomic E-state index is 0.0861. The molecule has 1 unspecified atom stereocenters. The second kappa shape index (κ2) is 11.3. The predicted molar refractivity (Wildman–Crippen MR) is 139 cm³/mol. The van der Waals surface area contributed by atoms with Gasteiger partial charge in [0, 0.05) is 36.4 Å². The SMILES string of the molecule is CCCNC(=O)c1ccccc1NC(=O)c1ccc(NC(=O)C2CC(=O)N(c3ccccc3)C2)cc1. The number of hydrogen-bond acceptors (Lipinski definition) is 4. The third kappa shape index (κ3) is 5.78. The average Bonchev–Trinajstić information content (AvgIpc) is 3.30. The van der Waals surface area contributed by atoms with Crippen molar-refractivity contribution in [3.8, 4) is 0 Å². The number of nitrogens with zero attached hydrogens (tertiary/aromatic N) is 1. The zero-order valence-corrected chi connectivity index (χ0v) is 20.0. The van der Waals surface area contributed by atoms with Gasteiger partial charge in [-0.05, 0) is 55.0 Å². The maximum atomic E-state index is 12.8. The van der Waals surface area contributed by atoms with Crippen LogP contribution in [0.3, 0.4) is 0 Å². The Bertz CT molecular complexity index is 1260. The standard InChI is InChI=1S/C28H28N4O4/c1-2-16-29-28(36)23-10-6-7-11-24(23)31-26(34)19-12-14-21(15-13-19)30-27(35)20-17-25(33)32(18-20)22-8-4-3-5-9-22/h3-15,20H,2,16-18H2,1H3,(H,29,36)(H,30,35)(H,31,34). The van der Waals surface area contributed by atoms with Gasteiger partial charge >= 0.3 is 0 Å². The summed E-state index contributed by atoms with van der Waals surface area (Å²) in [6.45, 7) is 2.83. The van der Waals surface area contributed by atoms with E-state index in [1.165, 1.54) is 0 Å². The Kier molecular flexibility index (Phi) is 7.75. The first kappa shape index (κ1) is 24.7. The van der Waals surface area contributed by atoms with Crippen LogP contribution >= 0.6 is 0 Å². The van der Waals surface area contributed by atoms with Crippen LogP contribution in [0, 0.1) is 5.92 Å². The summed E-state index contributed by atoms with van der Waals surface area (Å²) in [6, 6.07) is 22.6. The highest BCUT2D eigenvalue weighted by atomic mass is 16.2. The Hall–Kier alpha value is -4.46. The van der Waals surface area contributed by atoms with Gasteiger partial charge < -0.3 is 20.9 Å². The Morgan fingerprint density at radius 3 is 2.28 bits per heavy atom. The molecule has 1 fully saturated rings. The topological polar surface area (TPSA) is 108 Å². The van der Waals surface area contributed by atoms with E-state index in [4.69, 9.17) is 0 Å². The molecule has 1 heterocycles. The van der Waals surface area contributed by atoms with Gasteiger partial charge in [0.05, 0.1) is 17.2 Å². The molecule has 1 aliphatic heterocycles. The second-order valence-corrected chi connectivity index (χ2v) is 8.56. The van der Waals surface area contributed by atoms with Crippen LogP contribution in [0.5, 0.6) is 0 Å². The van der Waals surface area contributed by atoms with E-state index in [1.54, 1.807) is 53.4 Å². The highest BCUT2D eigenvalue weighted by Crippen LogP contribution is 2.26. The Balaban J connectivity index is 1.36. The zero-order valence-electron chi connectivity index (χ0n) is 20.0. The smallest absolute Gasteiger partial charge is 0.255 e. The normalized spacial score (nSPS) is 14.9. The number of para-hydroxylation sites is 2. The number of rotatable bonds is 8. The monoisotopic (exact) mass is 484 g/mol. The molecule has 8 heteroatoms. The van der Waals surface area contributed by atoms with Crippen molar-refractivity contribution < 1.29 is 19.2 Å². The summed E-state index contributed by atoms with van der Waals surface area (Å²) in [7, 11) is 0. The van der Waals surface area contributed by atoms with Crippen molar-refractivity contribution in [2.75, 3.05) is 28.6 Å². The van der Waals surface area contributed by atoms with Crippen molar-refractivity contribution in [3.05, 3.63) is 90.0 Å². The summed E-state index contributed by atoms with van der Waals surface area (Å²) < 4.78 is 0. The van der Waals surface area contributed by atoms with E-state index >= 15 is 0 Å². The highest BCUT2D eigenvalue weighted by molar-refractivity contribution is 6.09. The molecule has 0 aliphatic carbocycles. The fourth-order valence-corrected chi connectivity index (χ4v) is 4.01. The molecule has 0 spiro atoms. The van der Waals surface area contributed by atoms with Crippen LogP contribution in [0.1, 0.15) is 40.5 Å². The third-order valence-electron chi connectivity index (χ3n) is 5.93. The number of hydrogen-bond donors (Lipinski definition) is 3. The molecule has 1 saturated heterocycles. The van der Waals surface area contributed by atoms with Crippen molar-refractivity contribution in [2.24, 2.45) is 5.92 Å². The lowest BCUT2D eigenvalue weighted by Crippen LogP contribution is -2.28. The van der Waals surface area contributed by atoms with Gasteiger partial charge in [-0.2, -0.15) is 0 Å². The molecule has 8 nitrogen and oxygen atoms in total. The van der Waals surface area contributed by atoms with Crippen LogP contribution in [0.15, 0.2) is 78.9 Å². The van der Waals surface area contributed by atoms with Gasteiger partial charge in [0.25, 0.3) is 11.8 Å². The molecule has 3 aromatic carbocycles. The quantitative estimate of drug-likeness (QED) is 0.448. The summed E-state index contributed by atoms with van der Waals surface area (Å²) in [5.74, 6) is -1.41.